The summed E-state index contributed by atoms with van der Waals surface area (Å²) in [7, 11) is 1.89. The van der Waals surface area contributed by atoms with Gasteiger partial charge in [0.25, 0.3) is 5.56 Å². The van der Waals surface area contributed by atoms with E-state index < -0.39 is 0 Å². The van der Waals surface area contributed by atoms with Crippen LogP contribution in [0.1, 0.15) is 32.1 Å². The minimum Gasteiger partial charge on any atom is -0.342 e. The van der Waals surface area contributed by atoms with Gasteiger partial charge < -0.3 is 4.90 Å². The molecule has 0 N–H and O–H groups in total. The van der Waals surface area contributed by atoms with Crippen LogP contribution in [0.2, 0.25) is 5.02 Å². The Morgan fingerprint density at radius 3 is 2.69 bits per heavy atom. The number of thioether (sulfide) groups is 1. The van der Waals surface area contributed by atoms with E-state index in [4.69, 9.17) is 11.6 Å². The van der Waals surface area contributed by atoms with Gasteiger partial charge in [0.2, 0.25) is 5.91 Å². The number of aromatic nitrogens is 2. The lowest BCUT2D eigenvalue weighted by Crippen LogP contribution is -2.39. The summed E-state index contributed by atoms with van der Waals surface area (Å²) in [5.74, 6) is 0.326. The molecule has 29 heavy (non-hydrogen) atoms. The predicted octanol–water partition coefficient (Wildman–Crippen LogP) is 4.98. The van der Waals surface area contributed by atoms with Gasteiger partial charge in [0.05, 0.1) is 17.0 Å². The Kier molecular flexibility index (Phi) is 6.27. The number of benzene rings is 1. The highest BCUT2D eigenvalue weighted by Crippen LogP contribution is 2.26. The van der Waals surface area contributed by atoms with Crippen molar-refractivity contribution in [3.63, 3.8) is 0 Å². The van der Waals surface area contributed by atoms with Gasteiger partial charge in [-0.1, -0.05) is 42.6 Å². The molecule has 3 aromatic rings. The molecule has 4 rings (SSSR count). The Balaban J connectivity index is 1.62. The fraction of sp³-hybridized carbons (Fsp3) is 0.381. The first-order chi connectivity index (χ1) is 14.0. The average Bonchev–Trinajstić information content (AvgIpc) is 3.22. The molecule has 2 heterocycles. The maximum atomic E-state index is 13.1. The number of fused-ring (bicyclic) bond motifs is 1. The van der Waals surface area contributed by atoms with Crippen molar-refractivity contribution in [1.82, 2.24) is 14.5 Å². The first-order valence-corrected chi connectivity index (χ1v) is 11.9. The second kappa shape index (κ2) is 8.90. The lowest BCUT2D eigenvalue weighted by Gasteiger charge is -2.31. The summed E-state index contributed by atoms with van der Waals surface area (Å²) in [6, 6.07) is 9.25. The highest BCUT2D eigenvalue weighted by molar-refractivity contribution is 7.99. The molecule has 1 saturated carbocycles. The molecule has 1 amide bonds. The molecule has 152 valence electrons. The monoisotopic (exact) mass is 447 g/mol. The lowest BCUT2D eigenvalue weighted by atomic mass is 9.94. The van der Waals surface area contributed by atoms with Gasteiger partial charge >= 0.3 is 0 Å². The van der Waals surface area contributed by atoms with E-state index in [0.29, 0.717) is 32.1 Å². The average molecular weight is 448 g/mol. The topological polar surface area (TPSA) is 55.2 Å². The van der Waals surface area contributed by atoms with Crippen LogP contribution in [0.4, 0.5) is 0 Å². The SMILES string of the molecule is CN(C(=O)CSc1nc2ccsc2c(=O)n1-c1ccc(Cl)cc1)C1CCCCC1. The van der Waals surface area contributed by atoms with Crippen molar-refractivity contribution in [1.29, 1.82) is 0 Å². The molecule has 0 radical (unpaired) electrons. The van der Waals surface area contributed by atoms with Crippen molar-refractivity contribution >= 4 is 50.8 Å². The molecule has 0 unspecified atom stereocenters. The zero-order valence-corrected chi connectivity index (χ0v) is 18.5. The largest absolute Gasteiger partial charge is 0.342 e. The maximum absolute atomic E-state index is 13.1. The van der Waals surface area contributed by atoms with E-state index >= 15 is 0 Å². The van der Waals surface area contributed by atoms with Gasteiger partial charge in [-0.15, -0.1) is 11.3 Å². The number of hydrogen-bond acceptors (Lipinski definition) is 5. The summed E-state index contributed by atoms with van der Waals surface area (Å²) in [6.07, 6.45) is 5.76. The van der Waals surface area contributed by atoms with E-state index in [-0.39, 0.29) is 17.2 Å². The Bertz CT molecular complexity index is 1070. The third kappa shape index (κ3) is 4.37. The van der Waals surface area contributed by atoms with Crippen molar-refractivity contribution in [3.05, 3.63) is 51.1 Å². The van der Waals surface area contributed by atoms with Crippen molar-refractivity contribution in [3.8, 4) is 5.69 Å². The second-order valence-electron chi connectivity index (χ2n) is 7.23. The molecule has 0 bridgehead atoms. The van der Waals surface area contributed by atoms with Gasteiger partial charge in [-0.3, -0.25) is 14.2 Å². The van der Waals surface area contributed by atoms with Crippen LogP contribution < -0.4 is 5.56 Å². The fourth-order valence-electron chi connectivity index (χ4n) is 3.71. The lowest BCUT2D eigenvalue weighted by molar-refractivity contribution is -0.129. The van der Waals surface area contributed by atoms with Gasteiger partial charge in [0.1, 0.15) is 4.70 Å². The van der Waals surface area contributed by atoms with E-state index in [1.165, 1.54) is 42.4 Å². The number of halogens is 1. The molecule has 5 nitrogen and oxygen atoms in total. The summed E-state index contributed by atoms with van der Waals surface area (Å²) in [6.45, 7) is 0. The molecule has 1 aliphatic carbocycles. The fourth-order valence-corrected chi connectivity index (χ4v) is 5.53. The summed E-state index contributed by atoms with van der Waals surface area (Å²) in [4.78, 5) is 32.4. The molecular weight excluding hydrogens is 426 g/mol. The molecule has 8 heteroatoms. The van der Waals surface area contributed by atoms with Gasteiger partial charge in [-0.25, -0.2) is 4.98 Å². The third-order valence-electron chi connectivity index (χ3n) is 5.37. The zero-order valence-electron chi connectivity index (χ0n) is 16.1. The molecule has 0 atom stereocenters. The standard InChI is InChI=1S/C21H22ClN3O2S2/c1-24(15-5-3-2-4-6-15)18(26)13-29-21-23-17-11-12-28-19(17)20(27)25(21)16-9-7-14(22)8-10-16/h7-12,15H,2-6,13H2,1H3. The van der Waals surface area contributed by atoms with E-state index in [0.717, 1.165) is 12.8 Å². The third-order valence-corrected chi connectivity index (χ3v) is 7.44. The van der Waals surface area contributed by atoms with E-state index in [2.05, 4.69) is 4.98 Å². The minimum atomic E-state index is -0.122. The van der Waals surface area contributed by atoms with Crippen LogP contribution in [0.3, 0.4) is 0 Å². The number of amides is 1. The molecule has 2 aromatic heterocycles. The van der Waals surface area contributed by atoms with Crippen molar-refractivity contribution < 1.29 is 4.79 Å². The minimum absolute atomic E-state index is 0.0734. The smallest absolute Gasteiger partial charge is 0.276 e. The quantitative estimate of drug-likeness (QED) is 0.408. The predicted molar refractivity (Wildman–Crippen MR) is 121 cm³/mol. The number of thiophene rings is 1. The summed E-state index contributed by atoms with van der Waals surface area (Å²) >= 11 is 8.70. The molecule has 1 aliphatic rings. The summed E-state index contributed by atoms with van der Waals surface area (Å²) < 4.78 is 2.18. The number of carbonyl (C=O) groups excluding carboxylic acids is 1. The Hall–Kier alpha value is -1.83. The molecule has 1 aromatic carbocycles. The van der Waals surface area contributed by atoms with Crippen LogP contribution in [0.5, 0.6) is 0 Å². The van der Waals surface area contributed by atoms with E-state index in [1.807, 2.05) is 23.4 Å². The molecular formula is C21H22ClN3O2S2. The van der Waals surface area contributed by atoms with E-state index in [9.17, 15) is 9.59 Å². The van der Waals surface area contributed by atoms with Gasteiger partial charge in [-0.2, -0.15) is 0 Å². The van der Waals surface area contributed by atoms with Crippen molar-refractivity contribution in [2.24, 2.45) is 0 Å². The van der Waals surface area contributed by atoms with Crippen LogP contribution >= 0.6 is 34.7 Å². The van der Waals surface area contributed by atoms with Crippen LogP contribution in [0.15, 0.2) is 45.7 Å². The Morgan fingerprint density at radius 1 is 1.24 bits per heavy atom. The molecule has 0 aliphatic heterocycles. The first kappa shape index (κ1) is 20.4. The normalized spacial score (nSPS) is 15.0. The molecule has 0 saturated heterocycles. The van der Waals surface area contributed by atoms with Gasteiger partial charge in [0.15, 0.2) is 5.16 Å². The van der Waals surface area contributed by atoms with Crippen LogP contribution in [-0.2, 0) is 4.79 Å². The van der Waals surface area contributed by atoms with Gasteiger partial charge in [-0.05, 0) is 48.6 Å². The number of hydrogen-bond donors (Lipinski definition) is 0. The van der Waals surface area contributed by atoms with Crippen LogP contribution in [-0.4, -0.2) is 39.2 Å². The summed E-state index contributed by atoms with van der Waals surface area (Å²) in [5.41, 5.74) is 1.24. The van der Waals surface area contributed by atoms with Gasteiger partial charge in [0, 0.05) is 18.1 Å². The number of rotatable bonds is 5. The first-order valence-electron chi connectivity index (χ1n) is 9.69. The maximum Gasteiger partial charge on any atom is 0.276 e. The van der Waals surface area contributed by atoms with E-state index in [1.54, 1.807) is 28.8 Å². The zero-order chi connectivity index (χ0) is 20.4. The summed E-state index contributed by atoms with van der Waals surface area (Å²) in [5, 5.41) is 2.99. The number of nitrogens with zero attached hydrogens (tertiary/aromatic N) is 3. The second-order valence-corrected chi connectivity index (χ2v) is 9.53. The van der Waals surface area contributed by atoms with Crippen molar-refractivity contribution in [2.75, 3.05) is 12.8 Å². The van der Waals surface area contributed by atoms with Crippen LogP contribution in [0.25, 0.3) is 15.9 Å². The highest BCUT2D eigenvalue weighted by Gasteiger charge is 2.23. The highest BCUT2D eigenvalue weighted by atomic mass is 35.5. The Labute approximate surface area is 182 Å². The van der Waals surface area contributed by atoms with Crippen molar-refractivity contribution in [2.45, 2.75) is 43.3 Å². The molecule has 0 spiro atoms. The number of carbonyl (C=O) groups is 1. The Morgan fingerprint density at radius 2 is 1.97 bits per heavy atom. The van der Waals surface area contributed by atoms with Crippen LogP contribution in [0, 0.1) is 0 Å². The molecule has 1 fully saturated rings.